The first kappa shape index (κ1) is 21.1. The Bertz CT molecular complexity index is 1670. The normalized spacial score (nSPS) is 11.5. The maximum Gasteiger partial charge on any atom is 0.138 e. The van der Waals surface area contributed by atoms with Crippen LogP contribution in [0.2, 0.25) is 0 Å². The van der Waals surface area contributed by atoms with Crippen molar-refractivity contribution in [3.05, 3.63) is 84.6 Å². The highest BCUT2D eigenvalue weighted by atomic mass is 19.1. The zero-order valence-corrected chi connectivity index (χ0v) is 19.0. The Kier molecular flexibility index (Phi) is 5.27. The van der Waals surface area contributed by atoms with Crippen molar-refractivity contribution < 1.29 is 4.39 Å². The Morgan fingerprint density at radius 3 is 2.83 bits per heavy atom. The molecule has 35 heavy (non-hydrogen) atoms. The van der Waals surface area contributed by atoms with Crippen LogP contribution in [0.1, 0.15) is 12.5 Å². The number of H-pyrrole nitrogens is 2. The van der Waals surface area contributed by atoms with Crippen LogP contribution in [0.25, 0.3) is 55.8 Å². The molecule has 0 atom stereocenters. The molecule has 0 bridgehead atoms. The van der Waals surface area contributed by atoms with Crippen LogP contribution in [-0.4, -0.2) is 36.7 Å². The lowest BCUT2D eigenvalue weighted by atomic mass is 10.0. The third-order valence-electron chi connectivity index (χ3n) is 6.00. The van der Waals surface area contributed by atoms with Gasteiger partial charge in [0.1, 0.15) is 22.7 Å². The quantitative estimate of drug-likeness (QED) is 0.304. The summed E-state index contributed by atoms with van der Waals surface area (Å²) >= 11 is 0. The molecule has 172 valence electrons. The second-order valence-electron chi connectivity index (χ2n) is 8.34. The molecule has 6 rings (SSSR count). The largest absolute Gasteiger partial charge is 0.338 e. The number of benzene rings is 1. The summed E-state index contributed by atoms with van der Waals surface area (Å²) in [5.41, 5.74) is 8.32. The number of hydrogen-bond donors (Lipinski definition) is 3. The Balaban J connectivity index is 1.44. The van der Waals surface area contributed by atoms with Gasteiger partial charge in [-0.15, -0.1) is 0 Å². The van der Waals surface area contributed by atoms with Gasteiger partial charge in [0.25, 0.3) is 0 Å². The molecule has 0 radical (unpaired) electrons. The van der Waals surface area contributed by atoms with Crippen molar-refractivity contribution in [2.75, 3.05) is 6.54 Å². The number of pyridine rings is 3. The van der Waals surface area contributed by atoms with Gasteiger partial charge in [-0.05, 0) is 65.7 Å². The molecule has 7 nitrogen and oxygen atoms in total. The number of aromatic amines is 2. The molecular weight excluding hydrogens is 441 g/mol. The summed E-state index contributed by atoms with van der Waals surface area (Å²) in [6.45, 7) is 3.73. The fourth-order valence-electron chi connectivity index (χ4n) is 4.30. The van der Waals surface area contributed by atoms with Crippen LogP contribution in [-0.2, 0) is 6.54 Å². The third-order valence-corrected chi connectivity index (χ3v) is 6.00. The molecule has 0 saturated heterocycles. The smallest absolute Gasteiger partial charge is 0.138 e. The van der Waals surface area contributed by atoms with Gasteiger partial charge < -0.3 is 10.3 Å². The summed E-state index contributed by atoms with van der Waals surface area (Å²) in [7, 11) is 0. The topological polar surface area (TPSA) is 95.2 Å². The lowest BCUT2D eigenvalue weighted by Crippen LogP contribution is -2.11. The third kappa shape index (κ3) is 3.94. The van der Waals surface area contributed by atoms with Crippen molar-refractivity contribution >= 4 is 22.1 Å². The van der Waals surface area contributed by atoms with Crippen molar-refractivity contribution in [2.45, 2.75) is 13.5 Å². The Morgan fingerprint density at radius 1 is 1.00 bits per heavy atom. The van der Waals surface area contributed by atoms with Gasteiger partial charge in [0.15, 0.2) is 0 Å². The summed E-state index contributed by atoms with van der Waals surface area (Å²) < 4.78 is 13.9. The summed E-state index contributed by atoms with van der Waals surface area (Å²) in [5.74, 6) is -0.276. The van der Waals surface area contributed by atoms with Gasteiger partial charge in [-0.25, -0.2) is 14.4 Å². The predicted molar refractivity (Wildman–Crippen MR) is 135 cm³/mol. The van der Waals surface area contributed by atoms with Crippen LogP contribution in [0.15, 0.2) is 73.2 Å². The number of nitrogens with one attached hydrogen (secondary N) is 3. The first-order valence-electron chi connectivity index (χ1n) is 11.4. The number of halogens is 1. The van der Waals surface area contributed by atoms with Crippen LogP contribution in [0.3, 0.4) is 0 Å². The summed E-state index contributed by atoms with van der Waals surface area (Å²) in [5, 5.41) is 11.8. The molecule has 0 saturated carbocycles. The van der Waals surface area contributed by atoms with E-state index in [0.717, 1.165) is 63.2 Å². The molecule has 0 unspecified atom stereocenters. The number of hydrogen-bond acceptors (Lipinski definition) is 5. The molecule has 0 amide bonds. The highest BCUT2D eigenvalue weighted by Crippen LogP contribution is 2.33. The number of fused-ring (bicyclic) bond motifs is 2. The first-order valence-corrected chi connectivity index (χ1v) is 11.4. The van der Waals surface area contributed by atoms with E-state index in [4.69, 9.17) is 4.98 Å². The number of aromatic nitrogens is 6. The van der Waals surface area contributed by atoms with E-state index >= 15 is 0 Å². The predicted octanol–water partition coefficient (Wildman–Crippen LogP) is 5.48. The van der Waals surface area contributed by atoms with Crippen LogP contribution in [0.5, 0.6) is 0 Å². The van der Waals surface area contributed by atoms with Crippen molar-refractivity contribution in [1.82, 2.24) is 35.5 Å². The molecule has 0 aliphatic carbocycles. The van der Waals surface area contributed by atoms with Gasteiger partial charge in [-0.1, -0.05) is 19.1 Å². The average Bonchev–Trinajstić information content (AvgIpc) is 3.51. The molecule has 3 N–H and O–H groups in total. The van der Waals surface area contributed by atoms with Crippen LogP contribution in [0.4, 0.5) is 4.39 Å². The minimum atomic E-state index is -0.276. The van der Waals surface area contributed by atoms with E-state index in [1.54, 1.807) is 12.3 Å². The van der Waals surface area contributed by atoms with E-state index in [0.29, 0.717) is 11.3 Å². The zero-order chi connectivity index (χ0) is 23.8. The van der Waals surface area contributed by atoms with Crippen molar-refractivity contribution in [3.8, 4) is 33.8 Å². The molecule has 1 aromatic carbocycles. The molecule has 0 aliphatic heterocycles. The molecule has 0 fully saturated rings. The highest BCUT2D eigenvalue weighted by Gasteiger charge is 2.16. The number of rotatable bonds is 6. The minimum Gasteiger partial charge on any atom is -0.338 e. The SMILES string of the molecule is CCNCc1cncc(-c2ccc3[nH]nc(-c4cc5c(-c6cccc(F)c6)ccnc5[nH]4)c3n2)c1. The molecular formula is C27H22FN7. The monoisotopic (exact) mass is 463 g/mol. The van der Waals surface area contributed by atoms with Crippen LogP contribution >= 0.6 is 0 Å². The summed E-state index contributed by atoms with van der Waals surface area (Å²) in [6, 6.07) is 16.5. The van der Waals surface area contributed by atoms with Crippen molar-refractivity contribution in [3.63, 3.8) is 0 Å². The summed E-state index contributed by atoms with van der Waals surface area (Å²) in [6.07, 6.45) is 5.40. The van der Waals surface area contributed by atoms with E-state index in [2.05, 4.69) is 43.5 Å². The fourth-order valence-corrected chi connectivity index (χ4v) is 4.30. The van der Waals surface area contributed by atoms with Crippen LogP contribution in [0, 0.1) is 5.82 Å². The second kappa shape index (κ2) is 8.73. The van der Waals surface area contributed by atoms with Crippen LogP contribution < -0.4 is 5.32 Å². The van der Waals surface area contributed by atoms with Gasteiger partial charge in [-0.2, -0.15) is 5.10 Å². The van der Waals surface area contributed by atoms with Gasteiger partial charge in [0.2, 0.25) is 0 Å². The Morgan fingerprint density at radius 2 is 1.94 bits per heavy atom. The summed E-state index contributed by atoms with van der Waals surface area (Å²) in [4.78, 5) is 17.1. The van der Waals surface area contributed by atoms with Crippen molar-refractivity contribution in [1.29, 1.82) is 0 Å². The van der Waals surface area contributed by atoms with Crippen molar-refractivity contribution in [2.24, 2.45) is 0 Å². The van der Waals surface area contributed by atoms with E-state index in [1.165, 1.54) is 12.1 Å². The fraction of sp³-hybridized carbons (Fsp3) is 0.111. The Hall–Kier alpha value is -4.43. The minimum absolute atomic E-state index is 0.276. The first-order chi connectivity index (χ1) is 17.2. The van der Waals surface area contributed by atoms with Gasteiger partial charge in [-0.3, -0.25) is 10.1 Å². The molecule has 5 aromatic heterocycles. The maximum absolute atomic E-state index is 13.9. The molecule has 0 aliphatic rings. The second-order valence-corrected chi connectivity index (χ2v) is 8.34. The molecule has 8 heteroatoms. The standard InChI is InChI=1S/C27H22FN7/c1-2-29-13-16-10-18(15-30-14-16)22-6-7-23-25(32-22)26(35-34-23)24-12-21-20(8-9-31-27(21)33-24)17-4-3-5-19(28)11-17/h3-12,14-15,29H,2,13H2,1H3,(H,31,33)(H,34,35). The van der Waals surface area contributed by atoms with E-state index < -0.39 is 0 Å². The van der Waals surface area contributed by atoms with Gasteiger partial charge in [0.05, 0.1) is 16.9 Å². The number of nitrogens with zero attached hydrogens (tertiary/aromatic N) is 4. The lowest BCUT2D eigenvalue weighted by molar-refractivity contribution is 0.628. The van der Waals surface area contributed by atoms with Gasteiger partial charge in [0, 0.05) is 36.1 Å². The average molecular weight is 464 g/mol. The van der Waals surface area contributed by atoms with E-state index in [9.17, 15) is 4.39 Å². The van der Waals surface area contributed by atoms with E-state index in [-0.39, 0.29) is 5.82 Å². The molecule has 6 aromatic rings. The van der Waals surface area contributed by atoms with E-state index in [1.807, 2.05) is 42.7 Å². The Labute approximate surface area is 200 Å². The molecule has 5 heterocycles. The highest BCUT2D eigenvalue weighted by molar-refractivity contribution is 5.99. The maximum atomic E-state index is 13.9. The zero-order valence-electron chi connectivity index (χ0n) is 19.0. The van der Waals surface area contributed by atoms with Gasteiger partial charge >= 0.3 is 0 Å². The lowest BCUT2D eigenvalue weighted by Gasteiger charge is -2.05. The molecule has 0 spiro atoms.